The second kappa shape index (κ2) is 10.1. The SMILES string of the molecule is COc1ccc(-c2cc(N[C@@H](C)C(=O)Nc3ccccc3SC)ccc2OC)cc1. The molecular formula is C24H26N2O3S. The first-order valence-electron chi connectivity index (χ1n) is 9.58. The molecule has 0 saturated heterocycles. The second-order valence-electron chi connectivity index (χ2n) is 6.70. The number of carbonyl (C=O) groups excluding carboxylic acids is 1. The van der Waals surface area contributed by atoms with E-state index in [2.05, 4.69) is 10.6 Å². The molecule has 0 aromatic heterocycles. The molecule has 3 aromatic rings. The van der Waals surface area contributed by atoms with Gasteiger partial charge in [-0.2, -0.15) is 0 Å². The normalized spacial score (nSPS) is 11.5. The van der Waals surface area contributed by atoms with Gasteiger partial charge in [-0.15, -0.1) is 11.8 Å². The Morgan fingerprint density at radius 3 is 2.37 bits per heavy atom. The molecule has 0 fully saturated rings. The predicted octanol–water partition coefficient (Wildman–Crippen LogP) is 5.53. The lowest BCUT2D eigenvalue weighted by Crippen LogP contribution is -2.32. The number of hydrogen-bond donors (Lipinski definition) is 2. The topological polar surface area (TPSA) is 59.6 Å². The fourth-order valence-electron chi connectivity index (χ4n) is 3.10. The molecule has 5 nitrogen and oxygen atoms in total. The molecule has 156 valence electrons. The van der Waals surface area contributed by atoms with Crippen LogP contribution in [-0.4, -0.2) is 32.4 Å². The molecule has 6 heteroatoms. The Bertz CT molecular complexity index is 1010. The van der Waals surface area contributed by atoms with Gasteiger partial charge in [-0.05, 0) is 61.2 Å². The van der Waals surface area contributed by atoms with Crippen molar-refractivity contribution in [3.8, 4) is 22.6 Å². The van der Waals surface area contributed by atoms with E-state index >= 15 is 0 Å². The van der Waals surface area contributed by atoms with Gasteiger partial charge in [0.25, 0.3) is 0 Å². The van der Waals surface area contributed by atoms with Gasteiger partial charge in [0.2, 0.25) is 5.91 Å². The molecule has 3 aromatic carbocycles. The van der Waals surface area contributed by atoms with Crippen molar-refractivity contribution in [1.29, 1.82) is 0 Å². The predicted molar refractivity (Wildman–Crippen MR) is 125 cm³/mol. The van der Waals surface area contributed by atoms with Gasteiger partial charge < -0.3 is 20.1 Å². The first-order chi connectivity index (χ1) is 14.5. The zero-order valence-electron chi connectivity index (χ0n) is 17.6. The number of benzene rings is 3. The zero-order chi connectivity index (χ0) is 21.5. The first-order valence-corrected chi connectivity index (χ1v) is 10.8. The summed E-state index contributed by atoms with van der Waals surface area (Å²) in [4.78, 5) is 13.7. The standard InChI is InChI=1S/C24H26N2O3S/c1-16(24(27)26-21-7-5-6-8-23(21)30-4)25-18-11-14-22(29-3)20(15-18)17-9-12-19(28-2)13-10-17/h5-16,25H,1-4H3,(H,26,27)/t16-/m0/s1. The molecule has 0 radical (unpaired) electrons. The summed E-state index contributed by atoms with van der Waals surface area (Å²) < 4.78 is 10.8. The number of ether oxygens (including phenoxy) is 2. The number of thioether (sulfide) groups is 1. The molecule has 1 atom stereocenters. The highest BCUT2D eigenvalue weighted by molar-refractivity contribution is 7.98. The third-order valence-corrected chi connectivity index (χ3v) is 5.54. The summed E-state index contributed by atoms with van der Waals surface area (Å²) in [6, 6.07) is 20.9. The van der Waals surface area contributed by atoms with E-state index in [1.165, 1.54) is 0 Å². The summed E-state index contributed by atoms with van der Waals surface area (Å²) in [5.74, 6) is 1.46. The number of para-hydroxylation sites is 1. The fourth-order valence-corrected chi connectivity index (χ4v) is 3.65. The monoisotopic (exact) mass is 422 g/mol. The molecule has 0 aliphatic heterocycles. The van der Waals surface area contributed by atoms with Crippen LogP contribution in [0.1, 0.15) is 6.92 Å². The molecule has 0 bridgehead atoms. The fraction of sp³-hybridized carbons (Fsp3) is 0.208. The van der Waals surface area contributed by atoms with Crippen LogP contribution in [0.5, 0.6) is 11.5 Å². The quantitative estimate of drug-likeness (QED) is 0.467. The van der Waals surface area contributed by atoms with Gasteiger partial charge >= 0.3 is 0 Å². The minimum absolute atomic E-state index is 0.0988. The van der Waals surface area contributed by atoms with Crippen LogP contribution in [0.3, 0.4) is 0 Å². The van der Waals surface area contributed by atoms with E-state index in [0.29, 0.717) is 0 Å². The molecule has 0 spiro atoms. The summed E-state index contributed by atoms with van der Waals surface area (Å²) in [7, 11) is 3.29. The highest BCUT2D eigenvalue weighted by Crippen LogP contribution is 2.34. The van der Waals surface area contributed by atoms with Crippen LogP contribution in [0.2, 0.25) is 0 Å². The molecule has 0 unspecified atom stereocenters. The van der Waals surface area contributed by atoms with Gasteiger partial charge in [-0.25, -0.2) is 0 Å². The van der Waals surface area contributed by atoms with Crippen LogP contribution in [0.4, 0.5) is 11.4 Å². The average molecular weight is 423 g/mol. The number of methoxy groups -OCH3 is 2. The molecule has 0 aliphatic rings. The number of rotatable bonds is 8. The van der Waals surface area contributed by atoms with Crippen molar-refractivity contribution in [3.63, 3.8) is 0 Å². The zero-order valence-corrected chi connectivity index (χ0v) is 18.4. The van der Waals surface area contributed by atoms with Crippen LogP contribution in [0, 0.1) is 0 Å². The smallest absolute Gasteiger partial charge is 0.246 e. The Kier molecular flexibility index (Phi) is 7.25. The third-order valence-electron chi connectivity index (χ3n) is 4.74. The van der Waals surface area contributed by atoms with Gasteiger partial charge in [0.1, 0.15) is 17.5 Å². The van der Waals surface area contributed by atoms with Gasteiger partial charge in [-0.3, -0.25) is 4.79 Å². The second-order valence-corrected chi connectivity index (χ2v) is 7.55. The minimum Gasteiger partial charge on any atom is -0.497 e. The maximum Gasteiger partial charge on any atom is 0.246 e. The summed E-state index contributed by atoms with van der Waals surface area (Å²) in [5.41, 5.74) is 3.59. The van der Waals surface area contributed by atoms with E-state index in [1.807, 2.05) is 79.9 Å². The van der Waals surface area contributed by atoms with E-state index < -0.39 is 6.04 Å². The van der Waals surface area contributed by atoms with Gasteiger partial charge in [-0.1, -0.05) is 24.3 Å². The van der Waals surface area contributed by atoms with E-state index in [1.54, 1.807) is 26.0 Å². The van der Waals surface area contributed by atoms with Crippen molar-refractivity contribution >= 4 is 29.0 Å². The molecule has 2 N–H and O–H groups in total. The van der Waals surface area contributed by atoms with Crippen molar-refractivity contribution in [2.24, 2.45) is 0 Å². The lowest BCUT2D eigenvalue weighted by molar-refractivity contribution is -0.116. The molecule has 30 heavy (non-hydrogen) atoms. The lowest BCUT2D eigenvalue weighted by Gasteiger charge is -2.18. The highest BCUT2D eigenvalue weighted by Gasteiger charge is 2.15. The maximum atomic E-state index is 12.7. The summed E-state index contributed by atoms with van der Waals surface area (Å²) in [6.07, 6.45) is 1.99. The van der Waals surface area contributed by atoms with Crippen LogP contribution in [0.25, 0.3) is 11.1 Å². The van der Waals surface area contributed by atoms with Crippen molar-refractivity contribution in [1.82, 2.24) is 0 Å². The van der Waals surface area contributed by atoms with Gasteiger partial charge in [0.15, 0.2) is 0 Å². The largest absolute Gasteiger partial charge is 0.497 e. The summed E-state index contributed by atoms with van der Waals surface area (Å²) in [6.45, 7) is 1.84. The number of amides is 1. The van der Waals surface area contributed by atoms with E-state index in [-0.39, 0.29) is 5.91 Å². The van der Waals surface area contributed by atoms with Gasteiger partial charge in [0.05, 0.1) is 19.9 Å². The van der Waals surface area contributed by atoms with Crippen molar-refractivity contribution in [3.05, 3.63) is 66.7 Å². The summed E-state index contributed by atoms with van der Waals surface area (Å²) in [5, 5.41) is 6.29. The van der Waals surface area contributed by atoms with Crippen LogP contribution < -0.4 is 20.1 Å². The number of nitrogens with one attached hydrogen (secondary N) is 2. The molecule has 0 aliphatic carbocycles. The first kappa shape index (κ1) is 21.6. The summed E-state index contributed by atoms with van der Waals surface area (Å²) >= 11 is 1.60. The molecular weight excluding hydrogens is 396 g/mol. The maximum absolute atomic E-state index is 12.7. The van der Waals surface area contributed by atoms with Crippen LogP contribution in [0.15, 0.2) is 71.6 Å². The van der Waals surface area contributed by atoms with Gasteiger partial charge in [0, 0.05) is 16.1 Å². The Morgan fingerprint density at radius 2 is 1.70 bits per heavy atom. The van der Waals surface area contributed by atoms with Crippen molar-refractivity contribution in [2.45, 2.75) is 17.9 Å². The third kappa shape index (κ3) is 5.07. The number of anilines is 2. The molecule has 3 rings (SSSR count). The Hall–Kier alpha value is -3.12. The van der Waals surface area contributed by atoms with E-state index in [0.717, 1.165) is 38.9 Å². The highest BCUT2D eigenvalue weighted by atomic mass is 32.2. The molecule has 0 heterocycles. The molecule has 0 saturated carbocycles. The Labute approximate surface area is 181 Å². The van der Waals surface area contributed by atoms with Crippen LogP contribution >= 0.6 is 11.8 Å². The number of hydrogen-bond acceptors (Lipinski definition) is 5. The average Bonchev–Trinajstić information content (AvgIpc) is 2.79. The Balaban J connectivity index is 1.77. The van der Waals surface area contributed by atoms with Crippen molar-refractivity contribution < 1.29 is 14.3 Å². The molecule has 1 amide bonds. The lowest BCUT2D eigenvalue weighted by atomic mass is 10.0. The Morgan fingerprint density at radius 1 is 0.967 bits per heavy atom. The van der Waals surface area contributed by atoms with Crippen molar-refractivity contribution in [2.75, 3.05) is 31.1 Å². The van der Waals surface area contributed by atoms with E-state index in [4.69, 9.17) is 9.47 Å². The van der Waals surface area contributed by atoms with E-state index in [9.17, 15) is 4.79 Å². The number of carbonyl (C=O) groups is 1. The van der Waals surface area contributed by atoms with Crippen LogP contribution in [-0.2, 0) is 4.79 Å². The minimum atomic E-state index is -0.419.